The molecule has 2 atom stereocenters. The molecule has 2 fully saturated rings. The summed E-state index contributed by atoms with van der Waals surface area (Å²) in [5.41, 5.74) is 0. The van der Waals surface area contributed by atoms with Gasteiger partial charge in [0.2, 0.25) is 0 Å². The number of halogens is 1. The van der Waals surface area contributed by atoms with Gasteiger partial charge >= 0.3 is 0 Å². The lowest BCUT2D eigenvalue weighted by atomic mass is 10.2. The first-order chi connectivity index (χ1) is 15.0. The monoisotopic (exact) mass is 562 g/mol. The summed E-state index contributed by atoms with van der Waals surface area (Å²) in [5, 5.41) is 15.5. The first-order valence-electron chi connectivity index (χ1n) is 11.9. The molecule has 9 nitrogen and oxygen atoms in total. The van der Waals surface area contributed by atoms with Crippen molar-refractivity contribution in [3.05, 3.63) is 11.6 Å². The number of aryl methyl sites for hydroxylation is 1. The first kappa shape index (κ1) is 27.3. The fraction of sp³-hybridized carbons (Fsp3) is 0.864. The predicted octanol–water partition coefficient (Wildman–Crippen LogP) is 1.62. The summed E-state index contributed by atoms with van der Waals surface area (Å²) >= 11 is 0. The molecule has 3 heterocycles. The van der Waals surface area contributed by atoms with E-state index in [-0.39, 0.29) is 30.1 Å². The summed E-state index contributed by atoms with van der Waals surface area (Å²) < 4.78 is 8.01. The lowest BCUT2D eigenvalue weighted by Gasteiger charge is -2.34. The molecular formula is C22H43IN8O. The van der Waals surface area contributed by atoms with Gasteiger partial charge in [0.1, 0.15) is 12.4 Å². The van der Waals surface area contributed by atoms with Crippen LogP contribution < -0.4 is 10.6 Å². The van der Waals surface area contributed by atoms with E-state index in [1.807, 2.05) is 18.5 Å². The summed E-state index contributed by atoms with van der Waals surface area (Å²) in [6.45, 7) is 17.1. The zero-order valence-electron chi connectivity index (χ0n) is 20.5. The standard InChI is InChI=1S/C22H42N8O.HI/c1-6-30-9-7-8-19(30)12-23-22(25-14-21-27-26-18(4)28(21)5)24-13-20-16-29(10-11-31-20)15-17(2)3;/h17,19-20H,6-16H2,1-5H3,(H2,23,24,25);1H. The average Bonchev–Trinajstić information content (AvgIpc) is 3.34. The number of rotatable bonds is 9. The van der Waals surface area contributed by atoms with Gasteiger partial charge in [-0.05, 0) is 38.8 Å². The predicted molar refractivity (Wildman–Crippen MR) is 140 cm³/mol. The number of nitrogens with one attached hydrogen (secondary N) is 2. The van der Waals surface area contributed by atoms with Gasteiger partial charge in [-0.2, -0.15) is 0 Å². The minimum Gasteiger partial charge on any atom is -0.374 e. The second-order valence-corrected chi connectivity index (χ2v) is 9.22. The second-order valence-electron chi connectivity index (χ2n) is 9.22. The Bertz CT molecular complexity index is 710. The smallest absolute Gasteiger partial charge is 0.191 e. The maximum absolute atomic E-state index is 6.02. The van der Waals surface area contributed by atoms with Crippen molar-refractivity contribution < 1.29 is 4.74 Å². The molecule has 0 amide bonds. The van der Waals surface area contributed by atoms with E-state index < -0.39 is 0 Å². The molecule has 2 aliphatic rings. The molecule has 0 bridgehead atoms. The number of hydrogen-bond donors (Lipinski definition) is 2. The van der Waals surface area contributed by atoms with Crippen LogP contribution in [-0.4, -0.2) is 95.1 Å². The van der Waals surface area contributed by atoms with E-state index >= 15 is 0 Å². The topological polar surface area (TPSA) is 82.8 Å². The van der Waals surface area contributed by atoms with Gasteiger partial charge in [0.05, 0.1) is 12.7 Å². The Hall–Kier alpha value is -0.980. The van der Waals surface area contributed by atoms with Crippen LogP contribution in [-0.2, 0) is 18.3 Å². The van der Waals surface area contributed by atoms with Crippen molar-refractivity contribution >= 4 is 29.9 Å². The van der Waals surface area contributed by atoms with Gasteiger partial charge < -0.3 is 19.9 Å². The number of likely N-dealkylation sites (tertiary alicyclic amines) is 1. The van der Waals surface area contributed by atoms with Crippen LogP contribution in [0, 0.1) is 12.8 Å². The normalized spacial score (nSPS) is 22.9. The molecule has 0 saturated carbocycles. The van der Waals surface area contributed by atoms with Crippen LogP contribution >= 0.6 is 24.0 Å². The van der Waals surface area contributed by atoms with Crippen molar-refractivity contribution in [1.82, 2.24) is 35.2 Å². The van der Waals surface area contributed by atoms with Crippen LogP contribution in [0.25, 0.3) is 0 Å². The SMILES string of the molecule is CCN1CCCC1CNC(=NCc1nnc(C)n1C)NCC1CN(CC(C)C)CCO1.I. The average molecular weight is 563 g/mol. The number of hydrogen-bond acceptors (Lipinski definition) is 6. The van der Waals surface area contributed by atoms with E-state index in [0.717, 1.165) is 63.5 Å². The van der Waals surface area contributed by atoms with Crippen molar-refractivity contribution in [1.29, 1.82) is 0 Å². The van der Waals surface area contributed by atoms with Gasteiger partial charge in [-0.3, -0.25) is 9.80 Å². The van der Waals surface area contributed by atoms with Crippen LogP contribution in [0.3, 0.4) is 0 Å². The summed E-state index contributed by atoms with van der Waals surface area (Å²) in [6.07, 6.45) is 2.70. The van der Waals surface area contributed by atoms with E-state index in [1.54, 1.807) is 0 Å². The molecule has 1 aromatic heterocycles. The third-order valence-corrected chi connectivity index (χ3v) is 6.32. The van der Waals surface area contributed by atoms with Gasteiger partial charge in [0, 0.05) is 45.8 Å². The third-order valence-electron chi connectivity index (χ3n) is 6.32. The van der Waals surface area contributed by atoms with E-state index in [9.17, 15) is 0 Å². The summed E-state index contributed by atoms with van der Waals surface area (Å²) in [4.78, 5) is 9.87. The first-order valence-corrected chi connectivity index (χ1v) is 11.9. The Kier molecular flexibility index (Phi) is 11.6. The van der Waals surface area contributed by atoms with Crippen LogP contribution in [0.4, 0.5) is 0 Å². The number of nitrogens with zero attached hydrogens (tertiary/aromatic N) is 6. The lowest BCUT2D eigenvalue weighted by Crippen LogP contribution is -2.51. The number of likely N-dealkylation sites (N-methyl/N-ethyl adjacent to an activating group) is 1. The Labute approximate surface area is 210 Å². The minimum atomic E-state index is 0. The van der Waals surface area contributed by atoms with E-state index in [4.69, 9.17) is 9.73 Å². The molecule has 0 radical (unpaired) electrons. The maximum Gasteiger partial charge on any atom is 0.191 e. The molecule has 10 heteroatoms. The third kappa shape index (κ3) is 8.11. The summed E-state index contributed by atoms with van der Waals surface area (Å²) in [5.74, 6) is 3.27. The van der Waals surface area contributed by atoms with E-state index in [2.05, 4.69) is 51.4 Å². The Morgan fingerprint density at radius 2 is 2.00 bits per heavy atom. The highest BCUT2D eigenvalue weighted by atomic mass is 127. The van der Waals surface area contributed by atoms with E-state index in [0.29, 0.717) is 18.5 Å². The Balaban J connectivity index is 0.00000363. The maximum atomic E-state index is 6.02. The molecule has 184 valence electrons. The fourth-order valence-corrected chi connectivity index (χ4v) is 4.47. The number of ether oxygens (including phenoxy) is 1. The molecule has 0 spiro atoms. The molecule has 2 aliphatic heterocycles. The van der Waals surface area contributed by atoms with E-state index in [1.165, 1.54) is 19.4 Å². The van der Waals surface area contributed by atoms with Gasteiger partial charge in [-0.15, -0.1) is 34.2 Å². The number of aliphatic imine (C=N–C) groups is 1. The summed E-state index contributed by atoms with van der Waals surface area (Å²) in [7, 11) is 1.98. The van der Waals surface area contributed by atoms with Crippen LogP contribution in [0.15, 0.2) is 4.99 Å². The van der Waals surface area contributed by atoms with Crippen LogP contribution in [0.2, 0.25) is 0 Å². The Morgan fingerprint density at radius 3 is 2.69 bits per heavy atom. The molecule has 0 aromatic carbocycles. The van der Waals surface area contributed by atoms with Crippen molar-refractivity contribution in [2.75, 3.05) is 52.4 Å². The van der Waals surface area contributed by atoms with Crippen molar-refractivity contribution in [2.24, 2.45) is 18.0 Å². The number of aromatic nitrogens is 3. The second kappa shape index (κ2) is 13.7. The van der Waals surface area contributed by atoms with Gasteiger partial charge in [0.25, 0.3) is 0 Å². The minimum absolute atomic E-state index is 0. The van der Waals surface area contributed by atoms with Crippen LogP contribution in [0.5, 0.6) is 0 Å². The highest BCUT2D eigenvalue weighted by Gasteiger charge is 2.24. The molecule has 2 saturated heterocycles. The Morgan fingerprint density at radius 1 is 1.22 bits per heavy atom. The molecule has 3 rings (SSSR count). The molecule has 2 unspecified atom stereocenters. The highest BCUT2D eigenvalue weighted by molar-refractivity contribution is 14.0. The molecule has 32 heavy (non-hydrogen) atoms. The fourth-order valence-electron chi connectivity index (χ4n) is 4.47. The molecular weight excluding hydrogens is 519 g/mol. The van der Waals surface area contributed by atoms with Gasteiger partial charge in [-0.25, -0.2) is 4.99 Å². The number of morpholine rings is 1. The lowest BCUT2D eigenvalue weighted by molar-refractivity contribution is -0.0284. The zero-order chi connectivity index (χ0) is 22.2. The molecule has 2 N–H and O–H groups in total. The summed E-state index contributed by atoms with van der Waals surface area (Å²) in [6, 6.07) is 0.571. The van der Waals surface area contributed by atoms with Crippen molar-refractivity contribution in [2.45, 2.75) is 59.2 Å². The van der Waals surface area contributed by atoms with Gasteiger partial charge in [0.15, 0.2) is 11.8 Å². The quantitative estimate of drug-likeness (QED) is 0.269. The largest absolute Gasteiger partial charge is 0.374 e. The molecule has 0 aliphatic carbocycles. The van der Waals surface area contributed by atoms with Crippen molar-refractivity contribution in [3.63, 3.8) is 0 Å². The van der Waals surface area contributed by atoms with Crippen LogP contribution in [0.1, 0.15) is 45.3 Å². The number of guanidine groups is 1. The highest BCUT2D eigenvalue weighted by Crippen LogP contribution is 2.15. The zero-order valence-corrected chi connectivity index (χ0v) is 22.8. The van der Waals surface area contributed by atoms with Gasteiger partial charge in [-0.1, -0.05) is 20.8 Å². The molecule has 1 aromatic rings. The van der Waals surface area contributed by atoms with Crippen molar-refractivity contribution in [3.8, 4) is 0 Å².